The van der Waals surface area contributed by atoms with Gasteiger partial charge in [-0.1, -0.05) is 0 Å². The van der Waals surface area contributed by atoms with Gasteiger partial charge in [-0.3, -0.25) is 4.79 Å². The van der Waals surface area contributed by atoms with Crippen molar-refractivity contribution in [2.24, 2.45) is 5.92 Å². The van der Waals surface area contributed by atoms with E-state index in [0.29, 0.717) is 13.1 Å². The molecule has 1 N–H and O–H groups in total. The Morgan fingerprint density at radius 2 is 1.97 bits per heavy atom. The largest absolute Gasteiger partial charge is 0.444 e. The van der Waals surface area contributed by atoms with Crippen LogP contribution in [0.15, 0.2) is 17.8 Å². The van der Waals surface area contributed by atoms with Gasteiger partial charge < -0.3 is 19.9 Å². The van der Waals surface area contributed by atoms with Gasteiger partial charge in [0.2, 0.25) is 5.91 Å². The summed E-state index contributed by atoms with van der Waals surface area (Å²) in [5.74, 6) is 0.779. The van der Waals surface area contributed by atoms with Crippen LogP contribution in [-0.2, 0) is 9.53 Å². The van der Waals surface area contributed by atoms with Crippen molar-refractivity contribution >= 4 is 39.4 Å². The van der Waals surface area contributed by atoms with E-state index in [9.17, 15) is 9.59 Å². The summed E-state index contributed by atoms with van der Waals surface area (Å²) in [4.78, 5) is 39.2. The number of nitrogens with zero attached hydrogens (tertiary/aromatic N) is 4. The van der Waals surface area contributed by atoms with Crippen LogP contribution in [0.3, 0.4) is 0 Å². The standard InChI is InChI=1S/C22H31N5O3S/c1-22(2,3)30-21(29)27-10-4-6-15(12-27)19(28)25-16-7-5-9-26(13-16)18-17-8-11-31-20(17)24-14-23-18/h8,11,14-16H,4-7,9-10,12-13H2,1-3H3,(H,25,28). The molecule has 2 aliphatic rings. The number of thiophene rings is 1. The van der Waals surface area contributed by atoms with Crippen molar-refractivity contribution in [3.8, 4) is 0 Å². The van der Waals surface area contributed by atoms with Gasteiger partial charge in [-0.15, -0.1) is 11.3 Å². The first-order valence-corrected chi connectivity index (χ1v) is 11.9. The average molecular weight is 446 g/mol. The van der Waals surface area contributed by atoms with E-state index in [2.05, 4.69) is 26.3 Å². The molecule has 0 spiro atoms. The Morgan fingerprint density at radius 3 is 2.77 bits per heavy atom. The molecular weight excluding hydrogens is 414 g/mol. The number of ether oxygens (including phenoxy) is 1. The van der Waals surface area contributed by atoms with Crippen molar-refractivity contribution in [2.45, 2.75) is 58.1 Å². The van der Waals surface area contributed by atoms with E-state index in [4.69, 9.17) is 4.74 Å². The fraction of sp³-hybridized carbons (Fsp3) is 0.636. The molecule has 31 heavy (non-hydrogen) atoms. The molecule has 0 radical (unpaired) electrons. The maximum atomic E-state index is 13.0. The molecule has 2 saturated heterocycles. The lowest BCUT2D eigenvalue weighted by molar-refractivity contribution is -0.127. The van der Waals surface area contributed by atoms with Gasteiger partial charge >= 0.3 is 6.09 Å². The molecule has 2 fully saturated rings. The van der Waals surface area contributed by atoms with Gasteiger partial charge in [0, 0.05) is 32.2 Å². The summed E-state index contributed by atoms with van der Waals surface area (Å²) in [6, 6.07) is 2.13. The summed E-state index contributed by atoms with van der Waals surface area (Å²) in [6.45, 7) is 8.28. The molecule has 4 heterocycles. The predicted octanol–water partition coefficient (Wildman–Crippen LogP) is 3.42. The van der Waals surface area contributed by atoms with Crippen LogP contribution in [0.25, 0.3) is 10.2 Å². The van der Waals surface area contributed by atoms with Gasteiger partial charge in [0.05, 0.1) is 11.3 Å². The lowest BCUT2D eigenvalue weighted by atomic mass is 9.96. The van der Waals surface area contributed by atoms with Gasteiger partial charge in [0.15, 0.2) is 0 Å². The second kappa shape index (κ2) is 8.98. The topological polar surface area (TPSA) is 87.7 Å². The maximum Gasteiger partial charge on any atom is 0.410 e. The lowest BCUT2D eigenvalue weighted by Crippen LogP contribution is -2.52. The molecule has 2 aromatic heterocycles. The first-order chi connectivity index (χ1) is 14.8. The van der Waals surface area contributed by atoms with E-state index >= 15 is 0 Å². The van der Waals surface area contributed by atoms with E-state index in [1.165, 1.54) is 0 Å². The number of carbonyl (C=O) groups is 2. The Hall–Kier alpha value is -2.42. The number of anilines is 1. The number of hydrogen-bond acceptors (Lipinski definition) is 7. The summed E-state index contributed by atoms with van der Waals surface area (Å²) in [5.41, 5.74) is -0.535. The lowest BCUT2D eigenvalue weighted by Gasteiger charge is -2.36. The quantitative estimate of drug-likeness (QED) is 0.779. The Labute approximate surface area is 187 Å². The summed E-state index contributed by atoms with van der Waals surface area (Å²) >= 11 is 1.61. The van der Waals surface area contributed by atoms with E-state index in [-0.39, 0.29) is 24.0 Å². The van der Waals surface area contributed by atoms with Crippen molar-refractivity contribution in [1.82, 2.24) is 20.2 Å². The predicted molar refractivity (Wildman–Crippen MR) is 121 cm³/mol. The number of rotatable bonds is 3. The zero-order valence-corrected chi connectivity index (χ0v) is 19.3. The Kier molecular flexibility index (Phi) is 6.31. The van der Waals surface area contributed by atoms with Crippen molar-refractivity contribution in [3.05, 3.63) is 17.8 Å². The Morgan fingerprint density at radius 1 is 1.16 bits per heavy atom. The number of piperidine rings is 2. The number of aromatic nitrogens is 2. The first kappa shape index (κ1) is 21.8. The van der Waals surface area contributed by atoms with Gasteiger partial charge in [-0.2, -0.15) is 0 Å². The normalized spacial score (nSPS) is 22.4. The minimum absolute atomic E-state index is 0.0310. The number of amides is 2. The summed E-state index contributed by atoms with van der Waals surface area (Å²) in [5, 5.41) is 6.34. The molecule has 4 rings (SSSR count). The van der Waals surface area contributed by atoms with Gasteiger partial charge in [-0.05, 0) is 57.9 Å². The van der Waals surface area contributed by atoms with Crippen LogP contribution in [0.4, 0.5) is 10.6 Å². The van der Waals surface area contributed by atoms with Crippen LogP contribution in [0.5, 0.6) is 0 Å². The number of fused-ring (bicyclic) bond motifs is 1. The molecule has 168 valence electrons. The molecule has 2 amide bonds. The van der Waals surface area contributed by atoms with Crippen molar-refractivity contribution in [3.63, 3.8) is 0 Å². The second-order valence-electron chi connectivity index (χ2n) is 9.40. The van der Waals surface area contributed by atoms with Crippen LogP contribution in [-0.4, -0.2) is 64.7 Å². The van der Waals surface area contributed by atoms with Crippen molar-refractivity contribution in [1.29, 1.82) is 0 Å². The fourth-order valence-corrected chi connectivity index (χ4v) is 5.05. The van der Waals surface area contributed by atoms with Crippen LogP contribution < -0.4 is 10.2 Å². The molecule has 9 heteroatoms. The highest BCUT2D eigenvalue weighted by Crippen LogP contribution is 2.29. The third kappa shape index (κ3) is 5.26. The summed E-state index contributed by atoms with van der Waals surface area (Å²) in [6.07, 6.45) is 4.83. The number of likely N-dealkylation sites (tertiary alicyclic amines) is 1. The van der Waals surface area contributed by atoms with Crippen LogP contribution >= 0.6 is 11.3 Å². The molecular formula is C22H31N5O3S. The highest BCUT2D eigenvalue weighted by Gasteiger charge is 2.32. The minimum Gasteiger partial charge on any atom is -0.444 e. The smallest absolute Gasteiger partial charge is 0.410 e. The third-order valence-electron chi connectivity index (χ3n) is 5.75. The van der Waals surface area contributed by atoms with Crippen molar-refractivity contribution < 1.29 is 14.3 Å². The highest BCUT2D eigenvalue weighted by atomic mass is 32.1. The van der Waals surface area contributed by atoms with Gasteiger partial charge in [0.25, 0.3) is 0 Å². The second-order valence-corrected chi connectivity index (χ2v) is 10.3. The molecule has 0 aliphatic carbocycles. The molecule has 2 unspecified atom stereocenters. The molecule has 2 aliphatic heterocycles. The van der Waals surface area contributed by atoms with E-state index in [1.54, 1.807) is 22.6 Å². The SMILES string of the molecule is CC(C)(C)OC(=O)N1CCCC(C(=O)NC2CCCN(c3ncnc4sccc34)C2)C1. The highest BCUT2D eigenvalue weighted by molar-refractivity contribution is 7.16. The Bertz CT molecular complexity index is 941. The van der Waals surface area contributed by atoms with Gasteiger partial charge in [0.1, 0.15) is 22.6 Å². The maximum absolute atomic E-state index is 13.0. The molecule has 8 nitrogen and oxygen atoms in total. The average Bonchev–Trinajstić information content (AvgIpc) is 3.22. The molecule has 0 saturated carbocycles. The minimum atomic E-state index is -0.535. The van der Waals surface area contributed by atoms with Crippen molar-refractivity contribution in [2.75, 3.05) is 31.1 Å². The van der Waals surface area contributed by atoms with Crippen LogP contribution in [0, 0.1) is 5.92 Å². The van der Waals surface area contributed by atoms with E-state index in [1.807, 2.05) is 26.2 Å². The van der Waals surface area contributed by atoms with E-state index in [0.717, 1.165) is 54.8 Å². The monoisotopic (exact) mass is 445 g/mol. The number of hydrogen-bond donors (Lipinski definition) is 1. The number of carbonyl (C=O) groups excluding carboxylic acids is 2. The summed E-state index contributed by atoms with van der Waals surface area (Å²) in [7, 11) is 0. The van der Waals surface area contributed by atoms with E-state index < -0.39 is 5.60 Å². The zero-order chi connectivity index (χ0) is 22.0. The molecule has 2 aromatic rings. The fourth-order valence-electron chi connectivity index (χ4n) is 4.32. The Balaban J connectivity index is 1.36. The van der Waals surface area contributed by atoms with Crippen LogP contribution in [0.1, 0.15) is 46.5 Å². The zero-order valence-electron chi connectivity index (χ0n) is 18.5. The van der Waals surface area contributed by atoms with Gasteiger partial charge in [-0.25, -0.2) is 14.8 Å². The first-order valence-electron chi connectivity index (χ1n) is 11.0. The third-order valence-corrected chi connectivity index (χ3v) is 6.57. The summed E-state index contributed by atoms with van der Waals surface area (Å²) < 4.78 is 5.48. The molecule has 2 atom stereocenters. The molecule has 0 aromatic carbocycles. The van der Waals surface area contributed by atoms with Crippen LogP contribution in [0.2, 0.25) is 0 Å². The number of nitrogens with one attached hydrogen (secondary N) is 1. The molecule has 0 bridgehead atoms.